The van der Waals surface area contributed by atoms with Gasteiger partial charge in [0.1, 0.15) is 0 Å². The average molecular weight is 284 g/mol. The Bertz CT molecular complexity index is 427. The Balaban J connectivity index is 3.09. The van der Waals surface area contributed by atoms with Gasteiger partial charge in [-0.15, -0.1) is 0 Å². The minimum absolute atomic E-state index is 0.177. The van der Waals surface area contributed by atoms with Crippen LogP contribution in [0.3, 0.4) is 0 Å². The molecular weight excluding hydrogens is 279 g/mol. The maximum Gasteiger partial charge on any atom is 0.385 e. The van der Waals surface area contributed by atoms with Crippen molar-refractivity contribution in [1.82, 2.24) is 0 Å². The molecule has 1 aromatic rings. The molecule has 0 saturated carbocycles. The Morgan fingerprint density at radius 1 is 1.00 bits per heavy atom. The van der Waals surface area contributed by atoms with E-state index in [1.165, 1.54) is 24.3 Å². The predicted molar refractivity (Wildman–Crippen MR) is 53.7 cm³/mol. The molecule has 0 saturated heterocycles. The second-order valence-electron chi connectivity index (χ2n) is 2.39. The summed E-state index contributed by atoms with van der Waals surface area (Å²) in [7, 11) is -4.41. The Labute approximate surface area is 96.3 Å². The zero-order valence-electron chi connectivity index (χ0n) is 7.51. The second-order valence-corrected chi connectivity index (χ2v) is 5.91. The summed E-state index contributed by atoms with van der Waals surface area (Å²) < 4.78 is 61.0. The molecule has 0 bridgehead atoms. The summed E-state index contributed by atoms with van der Waals surface area (Å²) in [5, 5.41) is -0.177. The predicted octanol–water partition coefficient (Wildman–Crippen LogP) is 0.126. The highest BCUT2D eigenvalue weighted by Gasteiger charge is 2.29. The molecule has 1 aromatic carbocycles. The maximum absolute atomic E-state index is 11.8. The lowest BCUT2D eigenvalue weighted by atomic mass is 10.4. The molecule has 0 fully saturated rings. The Kier molecular flexibility index (Phi) is 4.93. The van der Waals surface area contributed by atoms with Crippen LogP contribution in [-0.2, 0) is 35.2 Å². The molecule has 0 heterocycles. The molecule has 0 aromatic heterocycles. The van der Waals surface area contributed by atoms with E-state index in [9.17, 15) is 22.1 Å². The van der Waals surface area contributed by atoms with E-state index in [0.29, 0.717) is 0 Å². The fraction of sp³-hybridized carbons (Fsp3) is 0. The van der Waals surface area contributed by atoms with Crippen molar-refractivity contribution in [3.05, 3.63) is 30.3 Å². The highest BCUT2D eigenvalue weighted by atomic mass is 32.2. The summed E-state index contributed by atoms with van der Waals surface area (Å²) in [6, 6.07) is 6.86. The van der Waals surface area contributed by atoms with Gasteiger partial charge in [0, 0.05) is 0 Å². The Morgan fingerprint density at radius 3 is 1.81 bits per heavy atom. The van der Waals surface area contributed by atoms with Gasteiger partial charge < -0.3 is 9.11 Å². The fourth-order valence-electron chi connectivity index (χ4n) is 0.869. The highest BCUT2D eigenvalue weighted by Crippen LogP contribution is 2.48. The van der Waals surface area contributed by atoms with Crippen molar-refractivity contribution in [2.75, 3.05) is 0 Å². The molecule has 16 heavy (non-hydrogen) atoms. The smallest absolute Gasteiger partial charge is 0.385 e. The summed E-state index contributed by atoms with van der Waals surface area (Å²) in [6.45, 7) is 0. The molecule has 10 heteroatoms. The van der Waals surface area contributed by atoms with Crippen LogP contribution < -0.4 is 5.30 Å². The number of hydrogen-bond acceptors (Lipinski definition) is 7. The first-order valence-corrected chi connectivity index (χ1v) is 7.22. The molecule has 0 amide bonds. The van der Waals surface area contributed by atoms with Gasteiger partial charge in [0.05, 0.1) is 28.0 Å². The fourth-order valence-corrected chi connectivity index (χ4v) is 3.70. The van der Waals surface area contributed by atoms with Gasteiger partial charge in [-0.05, 0) is 12.1 Å². The first-order chi connectivity index (χ1) is 7.44. The number of hydrogen-bond donors (Lipinski definition) is 0. The van der Waals surface area contributed by atoms with Crippen molar-refractivity contribution in [2.24, 2.45) is 0 Å². The minimum Gasteiger partial charge on any atom is -0.749 e. The molecule has 0 N–H and O–H groups in total. The van der Waals surface area contributed by atoms with Crippen LogP contribution >= 0.6 is 7.60 Å². The molecule has 0 aliphatic rings. The lowest BCUT2D eigenvalue weighted by Crippen LogP contribution is -2.12. The molecule has 2 unspecified atom stereocenters. The molecule has 0 aliphatic carbocycles. The van der Waals surface area contributed by atoms with Gasteiger partial charge in [-0.3, -0.25) is 4.57 Å². The van der Waals surface area contributed by atoms with Crippen LogP contribution in [0.25, 0.3) is 0 Å². The molecular formula is C6H5O7PS2-2. The number of rotatable bonds is 5. The van der Waals surface area contributed by atoms with Gasteiger partial charge in [-0.2, -0.15) is 0 Å². The Morgan fingerprint density at radius 2 is 1.44 bits per heavy atom. The van der Waals surface area contributed by atoms with E-state index in [0.717, 1.165) is 0 Å². The van der Waals surface area contributed by atoms with Crippen LogP contribution in [0.1, 0.15) is 0 Å². The number of benzene rings is 1. The molecule has 7 nitrogen and oxygen atoms in total. The van der Waals surface area contributed by atoms with E-state index in [-0.39, 0.29) is 5.30 Å². The Hall–Kier alpha value is -0.410. The standard InChI is InChI=1S/C6H7O7PS2/c7-14(12-15(8)9,13-16(10)11)6-4-2-1-3-5-6/h1-5H,(H,8,9)(H,10,11)/p-2. The molecule has 0 spiro atoms. The van der Waals surface area contributed by atoms with Gasteiger partial charge in [-0.25, -0.2) is 16.4 Å². The van der Waals surface area contributed by atoms with E-state index < -0.39 is 30.3 Å². The van der Waals surface area contributed by atoms with Crippen LogP contribution in [0.2, 0.25) is 0 Å². The molecule has 2 atom stereocenters. The van der Waals surface area contributed by atoms with Crippen molar-refractivity contribution in [3.63, 3.8) is 0 Å². The largest absolute Gasteiger partial charge is 0.749 e. The zero-order chi connectivity index (χ0) is 12.2. The zero-order valence-corrected chi connectivity index (χ0v) is 10.0. The van der Waals surface area contributed by atoms with Gasteiger partial charge >= 0.3 is 7.60 Å². The highest BCUT2D eigenvalue weighted by molar-refractivity contribution is 7.87. The quantitative estimate of drug-likeness (QED) is 0.557. The van der Waals surface area contributed by atoms with Crippen LogP contribution in [0, 0.1) is 0 Å². The lowest BCUT2D eigenvalue weighted by Gasteiger charge is -2.19. The third-order valence-electron chi connectivity index (χ3n) is 1.39. The summed E-state index contributed by atoms with van der Waals surface area (Å²) in [6.07, 6.45) is 0. The molecule has 90 valence electrons. The van der Waals surface area contributed by atoms with E-state index in [2.05, 4.69) is 7.94 Å². The van der Waals surface area contributed by atoms with Gasteiger partial charge in [-0.1, -0.05) is 18.2 Å². The SMILES string of the molecule is O=S([O-])OP(=O)(OS(=O)[O-])c1ccccc1. The van der Waals surface area contributed by atoms with Gasteiger partial charge in [0.2, 0.25) is 0 Å². The second kappa shape index (κ2) is 5.78. The van der Waals surface area contributed by atoms with Crippen LogP contribution in [0.4, 0.5) is 0 Å². The van der Waals surface area contributed by atoms with E-state index in [1.54, 1.807) is 6.07 Å². The average Bonchev–Trinajstić information content (AvgIpc) is 2.16. The topological polar surface area (TPSA) is 116 Å². The lowest BCUT2D eigenvalue weighted by molar-refractivity contribution is 0.367. The molecule has 0 aliphatic heterocycles. The van der Waals surface area contributed by atoms with Crippen molar-refractivity contribution in [2.45, 2.75) is 0 Å². The van der Waals surface area contributed by atoms with Crippen LogP contribution in [0.15, 0.2) is 30.3 Å². The monoisotopic (exact) mass is 284 g/mol. The van der Waals surface area contributed by atoms with Crippen LogP contribution in [-0.4, -0.2) is 17.5 Å². The normalized spacial score (nSPS) is 18.6. The van der Waals surface area contributed by atoms with E-state index in [4.69, 9.17) is 0 Å². The summed E-state index contributed by atoms with van der Waals surface area (Å²) in [5.41, 5.74) is 0. The summed E-state index contributed by atoms with van der Waals surface area (Å²) in [4.78, 5) is 0. The third kappa shape index (κ3) is 3.87. The molecule has 0 radical (unpaired) electrons. The first-order valence-electron chi connectivity index (χ1n) is 3.68. The van der Waals surface area contributed by atoms with Gasteiger partial charge in [0.25, 0.3) is 0 Å². The van der Waals surface area contributed by atoms with Crippen molar-refractivity contribution in [1.29, 1.82) is 0 Å². The van der Waals surface area contributed by atoms with E-state index in [1.807, 2.05) is 0 Å². The van der Waals surface area contributed by atoms with Crippen molar-refractivity contribution in [3.8, 4) is 0 Å². The maximum atomic E-state index is 11.8. The third-order valence-corrected chi connectivity index (χ3v) is 4.86. The first kappa shape index (κ1) is 13.7. The van der Waals surface area contributed by atoms with Crippen molar-refractivity contribution >= 4 is 35.6 Å². The molecule has 1 rings (SSSR count). The minimum atomic E-state index is -4.41. The summed E-state index contributed by atoms with van der Waals surface area (Å²) in [5.74, 6) is 0. The van der Waals surface area contributed by atoms with Crippen molar-refractivity contribution < 1.29 is 30.0 Å². The van der Waals surface area contributed by atoms with Gasteiger partial charge in [0.15, 0.2) is 0 Å². The van der Waals surface area contributed by atoms with E-state index >= 15 is 0 Å². The van der Waals surface area contributed by atoms with Crippen LogP contribution in [0.5, 0.6) is 0 Å². The summed E-state index contributed by atoms with van der Waals surface area (Å²) >= 11 is -6.33.